The Bertz CT molecular complexity index is 1140. The molecule has 2 bridgehead atoms. The number of hydrogen-bond donors (Lipinski definition) is 1. The summed E-state index contributed by atoms with van der Waals surface area (Å²) >= 11 is 0. The average Bonchev–Trinajstić information content (AvgIpc) is 3.52. The minimum atomic E-state index is -1.14. The molecule has 1 N–H and O–H groups in total. The zero-order valence-corrected chi connectivity index (χ0v) is 24.7. The van der Waals surface area contributed by atoms with Crippen LogP contribution in [-0.4, -0.2) is 89.3 Å². The number of nitrogens with zero attached hydrogens (tertiary/aromatic N) is 3. The van der Waals surface area contributed by atoms with Crippen LogP contribution in [0.5, 0.6) is 5.75 Å². The van der Waals surface area contributed by atoms with Crippen LogP contribution in [0.1, 0.15) is 52.9 Å². The highest BCUT2D eigenvalue weighted by atomic mass is 16.5. The lowest BCUT2D eigenvalue weighted by molar-refractivity contribution is -0.151. The highest BCUT2D eigenvalue weighted by Crippen LogP contribution is 2.63. The van der Waals surface area contributed by atoms with E-state index in [0.717, 1.165) is 19.3 Å². The number of fused-ring (bicyclic) bond motifs is 1. The van der Waals surface area contributed by atoms with Crippen molar-refractivity contribution in [2.24, 2.45) is 11.8 Å². The van der Waals surface area contributed by atoms with E-state index in [0.29, 0.717) is 44.0 Å². The third-order valence-electron chi connectivity index (χ3n) is 8.85. The van der Waals surface area contributed by atoms with Crippen LogP contribution in [0.2, 0.25) is 0 Å². The third kappa shape index (κ3) is 5.42. The lowest BCUT2D eigenvalue weighted by Gasteiger charge is -2.37. The molecule has 3 aliphatic heterocycles. The Morgan fingerprint density at radius 1 is 1.12 bits per heavy atom. The smallest absolute Gasteiger partial charge is 0.248 e. The van der Waals surface area contributed by atoms with Gasteiger partial charge in [-0.25, -0.2) is 0 Å². The normalized spacial score (nSPS) is 28.0. The highest BCUT2D eigenvalue weighted by Gasteiger charge is 2.78. The molecule has 2 unspecified atom stereocenters. The first kappa shape index (κ1) is 30.8. The molecule has 41 heavy (non-hydrogen) atoms. The molecule has 1 aromatic rings. The van der Waals surface area contributed by atoms with Crippen molar-refractivity contribution in [2.75, 3.05) is 44.3 Å². The topological polar surface area (TPSA) is 99.6 Å². The van der Waals surface area contributed by atoms with Gasteiger partial charge in [0.05, 0.1) is 30.7 Å². The lowest BCUT2D eigenvalue weighted by atomic mass is 9.66. The second kappa shape index (κ2) is 12.8. The molecule has 3 aliphatic rings. The number of likely N-dealkylation sites (tertiary alicyclic amines) is 1. The summed E-state index contributed by atoms with van der Waals surface area (Å²) < 4.78 is 12.3. The number of aliphatic hydroxyl groups excluding tert-OH is 1. The van der Waals surface area contributed by atoms with Crippen molar-refractivity contribution in [3.63, 3.8) is 0 Å². The van der Waals surface area contributed by atoms with Gasteiger partial charge < -0.3 is 29.3 Å². The SMILES string of the molecule is C=CCN(CCCCC)C(=O)C1N(CCO)C(=O)[C@@H]2[C@H](C(=O)N(CC=C)c3ccc(OCC)cc3)[C@]3(C)CCC12O3. The molecule has 224 valence electrons. The molecule has 9 nitrogen and oxygen atoms in total. The molecule has 5 atom stereocenters. The molecule has 1 spiro atoms. The maximum Gasteiger partial charge on any atom is 0.248 e. The van der Waals surface area contributed by atoms with E-state index in [1.165, 1.54) is 4.90 Å². The first-order valence-corrected chi connectivity index (χ1v) is 14.9. The van der Waals surface area contributed by atoms with Gasteiger partial charge in [0.1, 0.15) is 17.4 Å². The van der Waals surface area contributed by atoms with Crippen molar-refractivity contribution in [3.05, 3.63) is 49.6 Å². The Morgan fingerprint density at radius 3 is 2.44 bits per heavy atom. The minimum absolute atomic E-state index is 0.000622. The lowest BCUT2D eigenvalue weighted by Crippen LogP contribution is -2.56. The van der Waals surface area contributed by atoms with Crippen molar-refractivity contribution in [3.8, 4) is 5.75 Å². The van der Waals surface area contributed by atoms with Crippen LogP contribution in [0.3, 0.4) is 0 Å². The number of rotatable bonds is 15. The van der Waals surface area contributed by atoms with Gasteiger partial charge in [-0.15, -0.1) is 13.2 Å². The fourth-order valence-electron chi connectivity index (χ4n) is 7.11. The molecule has 3 saturated heterocycles. The van der Waals surface area contributed by atoms with Crippen molar-refractivity contribution in [1.29, 1.82) is 0 Å². The van der Waals surface area contributed by atoms with Crippen molar-refractivity contribution < 1.29 is 29.0 Å². The number of ether oxygens (including phenoxy) is 2. The van der Waals surface area contributed by atoms with Gasteiger partial charge in [-0.3, -0.25) is 14.4 Å². The Labute approximate surface area is 243 Å². The first-order chi connectivity index (χ1) is 19.7. The zero-order chi connectivity index (χ0) is 29.8. The number of unbranched alkanes of at least 4 members (excludes halogenated alkanes) is 2. The molecule has 4 rings (SSSR count). The molecular weight excluding hydrogens is 522 g/mol. The van der Waals surface area contributed by atoms with Gasteiger partial charge in [0.25, 0.3) is 0 Å². The second-order valence-electron chi connectivity index (χ2n) is 11.4. The van der Waals surface area contributed by atoms with E-state index >= 15 is 0 Å². The van der Waals surface area contributed by atoms with Crippen LogP contribution in [-0.2, 0) is 19.1 Å². The van der Waals surface area contributed by atoms with Crippen molar-refractivity contribution in [2.45, 2.75) is 70.1 Å². The first-order valence-electron chi connectivity index (χ1n) is 14.9. The fourth-order valence-corrected chi connectivity index (χ4v) is 7.11. The van der Waals surface area contributed by atoms with Gasteiger partial charge in [0.2, 0.25) is 17.7 Å². The zero-order valence-electron chi connectivity index (χ0n) is 24.7. The predicted molar refractivity (Wildman–Crippen MR) is 157 cm³/mol. The van der Waals surface area contributed by atoms with Gasteiger partial charge in [0, 0.05) is 31.9 Å². The maximum absolute atomic E-state index is 14.4. The van der Waals surface area contributed by atoms with Gasteiger partial charge in [0.15, 0.2) is 0 Å². The van der Waals surface area contributed by atoms with Crippen LogP contribution in [0, 0.1) is 11.8 Å². The van der Waals surface area contributed by atoms with Crippen LogP contribution >= 0.6 is 0 Å². The van der Waals surface area contributed by atoms with Crippen LogP contribution in [0.4, 0.5) is 5.69 Å². The summed E-state index contributed by atoms with van der Waals surface area (Å²) in [4.78, 5) is 47.6. The van der Waals surface area contributed by atoms with E-state index in [1.807, 2.05) is 38.1 Å². The number of benzene rings is 1. The summed E-state index contributed by atoms with van der Waals surface area (Å²) in [6, 6.07) is 6.36. The number of carbonyl (C=O) groups excluding carboxylic acids is 3. The quantitative estimate of drug-likeness (QED) is 0.257. The molecule has 3 amide bonds. The number of anilines is 1. The second-order valence-corrected chi connectivity index (χ2v) is 11.4. The number of aliphatic hydroxyl groups is 1. The molecule has 3 heterocycles. The van der Waals surface area contributed by atoms with Gasteiger partial charge in [-0.2, -0.15) is 0 Å². The predicted octanol–water partition coefficient (Wildman–Crippen LogP) is 3.57. The summed E-state index contributed by atoms with van der Waals surface area (Å²) in [7, 11) is 0. The van der Waals surface area contributed by atoms with Crippen molar-refractivity contribution in [1.82, 2.24) is 9.80 Å². The van der Waals surface area contributed by atoms with E-state index < -0.39 is 29.1 Å². The highest BCUT2D eigenvalue weighted by molar-refractivity contribution is 6.03. The number of amides is 3. The number of hydrogen-bond acceptors (Lipinski definition) is 6. The molecule has 3 fully saturated rings. The van der Waals surface area contributed by atoms with E-state index in [9.17, 15) is 19.5 Å². The standard InChI is InChI=1S/C32H45N3O6/c1-6-10-11-20-33(18-7-2)30(39)27-32-17-16-31(5,41-32)25(26(32)29(38)35(27)21-22-36)28(37)34(19-8-3)23-12-14-24(15-13-23)40-9-4/h7-8,12-15,25-27,36H,2-3,6,9-11,16-22H2,1,4-5H3/t25-,26+,27?,31+,32?/m1/s1. The van der Waals surface area contributed by atoms with Gasteiger partial charge in [-0.1, -0.05) is 31.9 Å². The van der Waals surface area contributed by atoms with E-state index in [2.05, 4.69) is 20.1 Å². The fraction of sp³-hybridized carbons (Fsp3) is 0.594. The molecule has 0 aliphatic carbocycles. The summed E-state index contributed by atoms with van der Waals surface area (Å²) in [6.45, 7) is 15.0. The van der Waals surface area contributed by atoms with E-state index in [-0.39, 0.29) is 37.4 Å². The van der Waals surface area contributed by atoms with Crippen LogP contribution in [0.25, 0.3) is 0 Å². The van der Waals surface area contributed by atoms with Crippen molar-refractivity contribution >= 4 is 23.4 Å². The summed E-state index contributed by atoms with van der Waals surface area (Å²) in [5, 5.41) is 9.91. The minimum Gasteiger partial charge on any atom is -0.494 e. The molecule has 0 radical (unpaired) electrons. The number of carbonyl (C=O) groups is 3. The van der Waals surface area contributed by atoms with Crippen LogP contribution < -0.4 is 9.64 Å². The van der Waals surface area contributed by atoms with Crippen LogP contribution in [0.15, 0.2) is 49.6 Å². The Morgan fingerprint density at radius 2 is 1.83 bits per heavy atom. The molecule has 0 saturated carbocycles. The summed E-state index contributed by atoms with van der Waals surface area (Å²) in [5.74, 6) is -1.67. The third-order valence-corrected chi connectivity index (χ3v) is 8.85. The monoisotopic (exact) mass is 567 g/mol. The number of β-amino-alcohol motifs (C(OH)–C–C–N with tert-alkyl or cyclic N) is 1. The van der Waals surface area contributed by atoms with E-state index in [4.69, 9.17) is 9.47 Å². The molecule has 1 aromatic carbocycles. The molecule has 0 aromatic heterocycles. The van der Waals surface area contributed by atoms with E-state index in [1.54, 1.807) is 22.0 Å². The van der Waals surface area contributed by atoms with Gasteiger partial charge in [-0.05, 0) is 57.4 Å². The Kier molecular flexibility index (Phi) is 9.59. The summed E-state index contributed by atoms with van der Waals surface area (Å²) in [5.41, 5.74) is -1.38. The largest absolute Gasteiger partial charge is 0.494 e. The molecule has 9 heteroatoms. The summed E-state index contributed by atoms with van der Waals surface area (Å²) in [6.07, 6.45) is 7.22. The average molecular weight is 568 g/mol. The van der Waals surface area contributed by atoms with Gasteiger partial charge >= 0.3 is 0 Å². The maximum atomic E-state index is 14.4. The molecular formula is C32H45N3O6. The Balaban J connectivity index is 1.72. The Hall–Kier alpha value is -3.17.